The summed E-state index contributed by atoms with van der Waals surface area (Å²) in [6, 6.07) is 8.06. The van der Waals surface area contributed by atoms with Crippen LogP contribution >= 0.6 is 22.9 Å². The molecule has 0 radical (unpaired) electrons. The molecule has 0 aliphatic rings. The van der Waals surface area contributed by atoms with Crippen molar-refractivity contribution in [3.8, 4) is 0 Å². The maximum absolute atomic E-state index is 12.2. The molecule has 0 aliphatic carbocycles. The van der Waals surface area contributed by atoms with Gasteiger partial charge in [0.05, 0.1) is 11.3 Å². The maximum Gasteiger partial charge on any atom is 0.258 e. The van der Waals surface area contributed by atoms with Gasteiger partial charge in [-0.2, -0.15) is 0 Å². The van der Waals surface area contributed by atoms with Crippen LogP contribution in [-0.2, 0) is 11.2 Å². The third-order valence-corrected chi connectivity index (χ3v) is 5.18. The first-order chi connectivity index (χ1) is 13.4. The van der Waals surface area contributed by atoms with Crippen LogP contribution in [0, 0.1) is 6.92 Å². The zero-order valence-corrected chi connectivity index (χ0v) is 16.5. The zero-order chi connectivity index (χ0) is 20.1. The molecule has 0 saturated carbocycles. The smallest absolute Gasteiger partial charge is 0.258 e. The van der Waals surface area contributed by atoms with Gasteiger partial charge in [0, 0.05) is 34.8 Å². The van der Waals surface area contributed by atoms with Gasteiger partial charge in [-0.3, -0.25) is 19.7 Å². The molecular weight excluding hydrogens is 400 g/mol. The molecule has 2 heterocycles. The van der Waals surface area contributed by atoms with Crippen molar-refractivity contribution in [2.75, 3.05) is 10.6 Å². The van der Waals surface area contributed by atoms with Gasteiger partial charge in [0.15, 0.2) is 5.13 Å². The first-order valence-electron chi connectivity index (χ1n) is 8.42. The topological polar surface area (TPSA) is 104 Å². The summed E-state index contributed by atoms with van der Waals surface area (Å²) in [5.41, 5.74) is 2.26. The van der Waals surface area contributed by atoms with Crippen molar-refractivity contribution in [3.63, 3.8) is 0 Å². The molecule has 0 atom stereocenters. The van der Waals surface area contributed by atoms with Crippen LogP contribution < -0.4 is 16.2 Å². The van der Waals surface area contributed by atoms with Crippen LogP contribution in [0.4, 0.5) is 10.8 Å². The number of carbonyl (C=O) groups is 2. The Morgan fingerprint density at radius 3 is 2.79 bits per heavy atom. The Kier molecular flexibility index (Phi) is 6.23. The maximum atomic E-state index is 12.2. The van der Waals surface area contributed by atoms with Crippen molar-refractivity contribution in [1.82, 2.24) is 9.97 Å². The fourth-order valence-electron chi connectivity index (χ4n) is 2.40. The van der Waals surface area contributed by atoms with Crippen molar-refractivity contribution in [2.45, 2.75) is 19.8 Å². The number of rotatable bonds is 6. The van der Waals surface area contributed by atoms with E-state index in [1.54, 1.807) is 23.6 Å². The highest BCUT2D eigenvalue weighted by atomic mass is 35.5. The lowest BCUT2D eigenvalue weighted by molar-refractivity contribution is -0.116. The Morgan fingerprint density at radius 2 is 2.04 bits per heavy atom. The molecule has 0 aliphatic heterocycles. The number of nitrogens with one attached hydrogen (secondary N) is 3. The number of hydrogen-bond acceptors (Lipinski definition) is 5. The molecule has 0 spiro atoms. The minimum Gasteiger partial charge on any atom is -0.328 e. The van der Waals surface area contributed by atoms with Crippen molar-refractivity contribution in [3.05, 3.63) is 74.1 Å². The minimum atomic E-state index is -0.369. The Morgan fingerprint density at radius 1 is 1.21 bits per heavy atom. The quantitative estimate of drug-likeness (QED) is 0.570. The summed E-state index contributed by atoms with van der Waals surface area (Å²) in [5, 5.41) is 8.33. The summed E-state index contributed by atoms with van der Waals surface area (Å²) in [7, 11) is 0. The molecule has 3 N–H and O–H groups in total. The molecule has 2 amide bonds. The highest BCUT2D eigenvalue weighted by Crippen LogP contribution is 2.23. The van der Waals surface area contributed by atoms with Gasteiger partial charge in [-0.1, -0.05) is 17.7 Å². The van der Waals surface area contributed by atoms with Gasteiger partial charge in [-0.05, 0) is 37.1 Å². The fourth-order valence-corrected chi connectivity index (χ4v) is 3.31. The van der Waals surface area contributed by atoms with E-state index in [0.717, 1.165) is 5.56 Å². The van der Waals surface area contributed by atoms with Crippen molar-refractivity contribution in [2.24, 2.45) is 0 Å². The fraction of sp³-hybridized carbons (Fsp3) is 0.158. The number of halogens is 1. The molecular formula is C19H17ClN4O3S. The average Bonchev–Trinajstić information content (AvgIpc) is 3.11. The Balaban J connectivity index is 1.53. The number of benzene rings is 1. The first kappa shape index (κ1) is 19.8. The van der Waals surface area contributed by atoms with Crippen molar-refractivity contribution < 1.29 is 9.59 Å². The number of H-pyrrole nitrogens is 1. The van der Waals surface area contributed by atoms with E-state index >= 15 is 0 Å². The second-order valence-electron chi connectivity index (χ2n) is 6.00. The molecule has 3 aromatic rings. The molecule has 28 heavy (non-hydrogen) atoms. The third kappa shape index (κ3) is 5.05. The van der Waals surface area contributed by atoms with E-state index in [9.17, 15) is 14.4 Å². The average molecular weight is 417 g/mol. The lowest BCUT2D eigenvalue weighted by Gasteiger charge is -2.09. The molecule has 144 valence electrons. The number of anilines is 2. The van der Waals surface area contributed by atoms with Gasteiger partial charge in [0.2, 0.25) is 11.5 Å². The monoisotopic (exact) mass is 416 g/mol. The SMILES string of the molecule is Cc1c(Cl)cccc1NC(=O)CCc1csc(NC(=O)c2ccc(=O)[nH]c2)n1. The van der Waals surface area contributed by atoms with E-state index in [1.165, 1.54) is 29.7 Å². The van der Waals surface area contributed by atoms with Crippen LogP contribution in [0.25, 0.3) is 0 Å². The molecule has 0 unspecified atom stereocenters. The Bertz CT molecular complexity index is 1060. The molecule has 7 nitrogen and oxygen atoms in total. The lowest BCUT2D eigenvalue weighted by atomic mass is 10.2. The lowest BCUT2D eigenvalue weighted by Crippen LogP contribution is -2.15. The summed E-state index contributed by atoms with van der Waals surface area (Å²) < 4.78 is 0. The molecule has 0 bridgehead atoms. The molecule has 0 fully saturated rings. The van der Waals surface area contributed by atoms with E-state index in [1.807, 2.05) is 6.92 Å². The normalized spacial score (nSPS) is 10.5. The largest absolute Gasteiger partial charge is 0.328 e. The van der Waals surface area contributed by atoms with Crippen molar-refractivity contribution in [1.29, 1.82) is 0 Å². The summed E-state index contributed by atoms with van der Waals surface area (Å²) >= 11 is 7.33. The van der Waals surface area contributed by atoms with Crippen LogP contribution in [0.15, 0.2) is 46.7 Å². The van der Waals surface area contributed by atoms with Gasteiger partial charge >= 0.3 is 0 Å². The third-order valence-electron chi connectivity index (χ3n) is 3.97. The van der Waals surface area contributed by atoms with Gasteiger partial charge in [-0.15, -0.1) is 11.3 Å². The highest BCUT2D eigenvalue weighted by molar-refractivity contribution is 7.14. The first-order valence-corrected chi connectivity index (χ1v) is 9.67. The van der Waals surface area contributed by atoms with Gasteiger partial charge in [0.25, 0.3) is 5.91 Å². The second-order valence-corrected chi connectivity index (χ2v) is 7.27. The Hall–Kier alpha value is -2.97. The van der Waals surface area contributed by atoms with Crippen molar-refractivity contribution >= 4 is 45.6 Å². The number of pyridine rings is 1. The molecule has 3 rings (SSSR count). The van der Waals surface area contributed by atoms with Crippen LogP contribution in [0.1, 0.15) is 28.0 Å². The standard InChI is InChI=1S/C19H17ClN4O3S/c1-11-14(20)3-2-4-15(11)23-17(26)8-6-13-10-28-19(22-13)24-18(27)12-5-7-16(25)21-9-12/h2-5,7,9-10H,6,8H2,1H3,(H,21,25)(H,23,26)(H,22,24,27). The predicted molar refractivity (Wildman–Crippen MR) is 110 cm³/mol. The number of nitrogens with zero attached hydrogens (tertiary/aromatic N) is 1. The summed E-state index contributed by atoms with van der Waals surface area (Å²) in [6.45, 7) is 1.84. The number of carbonyl (C=O) groups excluding carboxylic acids is 2. The van der Waals surface area contributed by atoms with Gasteiger partial charge in [-0.25, -0.2) is 4.98 Å². The van der Waals surface area contributed by atoms with Gasteiger partial charge in [0.1, 0.15) is 0 Å². The molecule has 9 heteroatoms. The van der Waals surface area contributed by atoms with Crippen LogP contribution in [0.5, 0.6) is 0 Å². The zero-order valence-electron chi connectivity index (χ0n) is 14.9. The predicted octanol–water partition coefficient (Wildman–Crippen LogP) is 3.62. The number of thiazole rings is 1. The van der Waals surface area contributed by atoms with E-state index in [0.29, 0.717) is 33.5 Å². The summed E-state index contributed by atoms with van der Waals surface area (Å²) in [4.78, 5) is 42.1. The van der Waals surface area contributed by atoms with Crippen LogP contribution in [0.2, 0.25) is 5.02 Å². The van der Waals surface area contributed by atoms with Crippen LogP contribution in [0.3, 0.4) is 0 Å². The van der Waals surface area contributed by atoms with E-state index < -0.39 is 0 Å². The van der Waals surface area contributed by atoms with Crippen LogP contribution in [-0.4, -0.2) is 21.8 Å². The minimum absolute atomic E-state index is 0.141. The number of hydrogen-bond donors (Lipinski definition) is 3. The van der Waals surface area contributed by atoms with E-state index in [-0.39, 0.29) is 23.8 Å². The highest BCUT2D eigenvalue weighted by Gasteiger charge is 2.11. The number of aryl methyl sites for hydroxylation is 1. The van der Waals surface area contributed by atoms with Gasteiger partial charge < -0.3 is 10.3 Å². The summed E-state index contributed by atoms with van der Waals surface area (Å²) in [5.74, 6) is -0.511. The number of aromatic nitrogens is 2. The number of amides is 2. The van der Waals surface area contributed by atoms with E-state index in [2.05, 4.69) is 20.6 Å². The van der Waals surface area contributed by atoms with E-state index in [4.69, 9.17) is 11.6 Å². The molecule has 0 saturated heterocycles. The second kappa shape index (κ2) is 8.81. The molecule has 2 aromatic heterocycles. The summed E-state index contributed by atoms with van der Waals surface area (Å²) in [6.07, 6.45) is 2.04. The Labute approximate surface area is 169 Å². The molecule has 1 aromatic carbocycles. The number of aromatic amines is 1.